The van der Waals surface area contributed by atoms with E-state index in [9.17, 15) is 17.6 Å². The molecule has 0 atom stereocenters. The molecule has 0 fully saturated rings. The zero-order chi connectivity index (χ0) is 14.2. The van der Waals surface area contributed by atoms with Gasteiger partial charge in [0.25, 0.3) is 5.88 Å². The van der Waals surface area contributed by atoms with Crippen LogP contribution in [0.3, 0.4) is 0 Å². The van der Waals surface area contributed by atoms with Crippen molar-refractivity contribution >= 4 is 21.7 Å². The number of pyridine rings is 1. The van der Waals surface area contributed by atoms with Gasteiger partial charge in [0.15, 0.2) is 29.0 Å². The summed E-state index contributed by atoms with van der Waals surface area (Å²) >= 11 is 2.92. The van der Waals surface area contributed by atoms with Crippen molar-refractivity contribution in [3.8, 4) is 11.6 Å². The molecule has 0 aliphatic carbocycles. The third-order valence-corrected chi connectivity index (χ3v) is 2.55. The first-order valence-electron chi connectivity index (χ1n) is 4.82. The van der Waals surface area contributed by atoms with E-state index in [1.807, 2.05) is 0 Å². The molecule has 2 N–H and O–H groups in total. The van der Waals surface area contributed by atoms with Crippen LogP contribution in [-0.4, -0.2) is 4.98 Å². The van der Waals surface area contributed by atoms with Gasteiger partial charge in [-0.2, -0.15) is 9.37 Å². The van der Waals surface area contributed by atoms with Crippen LogP contribution in [0.4, 0.5) is 23.4 Å². The third kappa shape index (κ3) is 2.78. The summed E-state index contributed by atoms with van der Waals surface area (Å²) in [5, 5.41) is 0. The lowest BCUT2D eigenvalue weighted by atomic mass is 10.3. The van der Waals surface area contributed by atoms with Crippen molar-refractivity contribution < 1.29 is 22.3 Å². The maximum absolute atomic E-state index is 13.4. The Hall–Kier alpha value is -1.83. The zero-order valence-corrected chi connectivity index (χ0v) is 10.6. The van der Waals surface area contributed by atoms with E-state index < -0.39 is 40.7 Å². The molecule has 8 heteroatoms. The molecule has 2 aromatic rings. The zero-order valence-electron chi connectivity index (χ0n) is 9.05. The molecule has 0 spiro atoms. The Kier molecular flexibility index (Phi) is 3.61. The van der Waals surface area contributed by atoms with E-state index in [1.54, 1.807) is 0 Å². The molecular formula is C11H5BrF4N2O. The molecule has 0 bridgehead atoms. The Labute approximate surface area is 113 Å². The number of hydrogen-bond donors (Lipinski definition) is 1. The van der Waals surface area contributed by atoms with Gasteiger partial charge in [-0.15, -0.1) is 0 Å². The van der Waals surface area contributed by atoms with E-state index in [-0.39, 0.29) is 4.47 Å². The number of benzene rings is 1. The number of nitrogens with zero attached hydrogens (tertiary/aromatic N) is 1. The highest BCUT2D eigenvalue weighted by Gasteiger charge is 2.17. The highest BCUT2D eigenvalue weighted by molar-refractivity contribution is 9.10. The molecule has 0 saturated carbocycles. The number of ether oxygens (including phenoxy) is 1. The van der Waals surface area contributed by atoms with Crippen LogP contribution in [-0.2, 0) is 0 Å². The van der Waals surface area contributed by atoms with Crippen molar-refractivity contribution in [2.75, 3.05) is 5.73 Å². The van der Waals surface area contributed by atoms with Gasteiger partial charge >= 0.3 is 0 Å². The number of nitrogens with two attached hydrogens (primary N) is 1. The fraction of sp³-hybridized carbons (Fsp3) is 0. The molecule has 100 valence electrons. The molecule has 0 amide bonds. The van der Waals surface area contributed by atoms with Crippen LogP contribution in [0.15, 0.2) is 22.7 Å². The van der Waals surface area contributed by atoms with Gasteiger partial charge in [0.05, 0.1) is 0 Å². The Morgan fingerprint density at radius 1 is 1.00 bits per heavy atom. The molecule has 19 heavy (non-hydrogen) atoms. The first-order chi connectivity index (χ1) is 8.88. The van der Waals surface area contributed by atoms with Gasteiger partial charge in [0.1, 0.15) is 0 Å². The standard InChI is InChI=1S/C11H5BrF4N2O/c12-4-1-5(13)9(16)8(2-4)19-11-7(15)3-6(14)10(17)18-11/h1-3H,(H2,17,18). The monoisotopic (exact) mass is 336 g/mol. The Balaban J connectivity index is 2.44. The Morgan fingerprint density at radius 3 is 2.37 bits per heavy atom. The van der Waals surface area contributed by atoms with Gasteiger partial charge in [-0.1, -0.05) is 15.9 Å². The van der Waals surface area contributed by atoms with E-state index in [4.69, 9.17) is 10.5 Å². The summed E-state index contributed by atoms with van der Waals surface area (Å²) < 4.78 is 57.7. The molecule has 1 heterocycles. The van der Waals surface area contributed by atoms with Gasteiger partial charge < -0.3 is 10.5 Å². The van der Waals surface area contributed by atoms with Crippen LogP contribution in [0.5, 0.6) is 11.6 Å². The number of anilines is 1. The summed E-state index contributed by atoms with van der Waals surface area (Å²) in [5.41, 5.74) is 5.13. The van der Waals surface area contributed by atoms with E-state index >= 15 is 0 Å². The second kappa shape index (κ2) is 5.04. The van der Waals surface area contributed by atoms with Crippen LogP contribution in [0.2, 0.25) is 0 Å². The van der Waals surface area contributed by atoms with Crippen LogP contribution in [0.1, 0.15) is 0 Å². The first kappa shape index (κ1) is 13.6. The average molecular weight is 337 g/mol. The molecule has 1 aromatic carbocycles. The predicted octanol–water partition coefficient (Wildman–Crippen LogP) is 3.78. The van der Waals surface area contributed by atoms with E-state index in [0.717, 1.165) is 12.1 Å². The lowest BCUT2D eigenvalue weighted by molar-refractivity contribution is 0.381. The summed E-state index contributed by atoms with van der Waals surface area (Å²) in [4.78, 5) is 3.27. The van der Waals surface area contributed by atoms with Crippen LogP contribution in [0, 0.1) is 23.3 Å². The van der Waals surface area contributed by atoms with Gasteiger partial charge in [-0.25, -0.2) is 13.2 Å². The molecule has 0 aliphatic rings. The topological polar surface area (TPSA) is 48.1 Å². The van der Waals surface area contributed by atoms with Gasteiger partial charge in [-0.3, -0.25) is 0 Å². The number of hydrogen-bond acceptors (Lipinski definition) is 3. The summed E-state index contributed by atoms with van der Waals surface area (Å²) in [7, 11) is 0. The average Bonchev–Trinajstić information content (AvgIpc) is 2.32. The minimum atomic E-state index is -1.33. The molecule has 1 aromatic heterocycles. The molecule has 0 unspecified atom stereocenters. The van der Waals surface area contributed by atoms with Crippen molar-refractivity contribution in [2.45, 2.75) is 0 Å². The lowest BCUT2D eigenvalue weighted by Crippen LogP contribution is -2.01. The molecule has 3 nitrogen and oxygen atoms in total. The summed E-state index contributed by atoms with van der Waals surface area (Å²) in [6, 6.07) is 2.37. The second-order valence-corrected chi connectivity index (χ2v) is 4.36. The van der Waals surface area contributed by atoms with Gasteiger partial charge in [0, 0.05) is 10.5 Å². The normalized spacial score (nSPS) is 10.6. The van der Waals surface area contributed by atoms with Crippen LogP contribution >= 0.6 is 15.9 Å². The fourth-order valence-electron chi connectivity index (χ4n) is 1.25. The maximum atomic E-state index is 13.4. The van der Waals surface area contributed by atoms with E-state index in [0.29, 0.717) is 6.07 Å². The largest absolute Gasteiger partial charge is 0.433 e. The second-order valence-electron chi connectivity index (χ2n) is 3.44. The smallest absolute Gasteiger partial charge is 0.258 e. The van der Waals surface area contributed by atoms with Gasteiger partial charge in [-0.05, 0) is 12.1 Å². The number of halogens is 5. The minimum absolute atomic E-state index is 0.178. The summed E-state index contributed by atoms with van der Waals surface area (Å²) in [5.74, 6) is -6.77. The minimum Gasteiger partial charge on any atom is -0.433 e. The third-order valence-electron chi connectivity index (χ3n) is 2.09. The number of nitrogen functional groups attached to an aromatic ring is 1. The number of rotatable bonds is 2. The molecule has 0 saturated heterocycles. The summed E-state index contributed by atoms with van der Waals surface area (Å²) in [6.07, 6.45) is 0. The van der Waals surface area contributed by atoms with Crippen LogP contribution < -0.4 is 10.5 Å². The summed E-state index contributed by atoms with van der Waals surface area (Å²) in [6.45, 7) is 0. The first-order valence-corrected chi connectivity index (χ1v) is 5.61. The maximum Gasteiger partial charge on any atom is 0.258 e. The Morgan fingerprint density at radius 2 is 1.68 bits per heavy atom. The van der Waals surface area contributed by atoms with Crippen LogP contribution in [0.25, 0.3) is 0 Å². The van der Waals surface area contributed by atoms with E-state index in [1.165, 1.54) is 0 Å². The number of aromatic nitrogens is 1. The fourth-order valence-corrected chi connectivity index (χ4v) is 1.65. The molecule has 0 aliphatic heterocycles. The lowest BCUT2D eigenvalue weighted by Gasteiger charge is -2.08. The molecule has 0 radical (unpaired) electrons. The quantitative estimate of drug-likeness (QED) is 0.670. The van der Waals surface area contributed by atoms with E-state index in [2.05, 4.69) is 20.9 Å². The highest BCUT2D eigenvalue weighted by Crippen LogP contribution is 2.30. The van der Waals surface area contributed by atoms with Crippen molar-refractivity contribution in [3.63, 3.8) is 0 Å². The predicted molar refractivity (Wildman–Crippen MR) is 62.7 cm³/mol. The highest BCUT2D eigenvalue weighted by atomic mass is 79.9. The SMILES string of the molecule is Nc1nc(Oc2cc(Br)cc(F)c2F)c(F)cc1F. The van der Waals surface area contributed by atoms with Crippen molar-refractivity contribution in [1.82, 2.24) is 4.98 Å². The van der Waals surface area contributed by atoms with Crippen molar-refractivity contribution in [1.29, 1.82) is 0 Å². The van der Waals surface area contributed by atoms with Crippen molar-refractivity contribution in [3.05, 3.63) is 45.9 Å². The van der Waals surface area contributed by atoms with Crippen molar-refractivity contribution in [2.24, 2.45) is 0 Å². The molecular weight excluding hydrogens is 332 g/mol. The Bertz CT molecular complexity index is 651. The van der Waals surface area contributed by atoms with Gasteiger partial charge in [0.2, 0.25) is 5.82 Å². The molecule has 2 rings (SSSR count).